The number of rotatable bonds is 4. The fraction of sp³-hybridized carbons (Fsp3) is 0.273. The number of amides is 2. The minimum Gasteiger partial charge on any atom is -0.346 e. The highest BCUT2D eigenvalue weighted by Gasteiger charge is 2.05. The van der Waals surface area contributed by atoms with Crippen LogP contribution in [0.3, 0.4) is 0 Å². The lowest BCUT2D eigenvalue weighted by atomic mass is 10.2. The first kappa shape index (κ1) is 16.7. The van der Waals surface area contributed by atoms with Crippen LogP contribution in [0.15, 0.2) is 18.2 Å². The highest BCUT2D eigenvalue weighted by atomic mass is 35.5. The van der Waals surface area contributed by atoms with E-state index in [0.29, 0.717) is 10.7 Å². The van der Waals surface area contributed by atoms with E-state index in [-0.39, 0.29) is 37.3 Å². The third-order valence-electron chi connectivity index (χ3n) is 2.09. The molecule has 18 heavy (non-hydrogen) atoms. The van der Waals surface area contributed by atoms with Gasteiger partial charge in [-0.2, -0.15) is 0 Å². The maximum absolute atomic E-state index is 11.4. The summed E-state index contributed by atoms with van der Waals surface area (Å²) in [7, 11) is 0. The van der Waals surface area contributed by atoms with Crippen LogP contribution >= 0.6 is 24.0 Å². The maximum Gasteiger partial charge on any atom is 0.243 e. The second kappa shape index (κ2) is 7.92. The van der Waals surface area contributed by atoms with Gasteiger partial charge in [0.05, 0.1) is 13.1 Å². The smallest absolute Gasteiger partial charge is 0.243 e. The van der Waals surface area contributed by atoms with E-state index in [4.69, 9.17) is 17.3 Å². The summed E-state index contributed by atoms with van der Waals surface area (Å²) >= 11 is 5.91. The molecular weight excluding hydrogens is 277 g/mol. The predicted octanol–water partition coefficient (Wildman–Crippen LogP) is 1.08. The Morgan fingerprint density at radius 3 is 2.56 bits per heavy atom. The van der Waals surface area contributed by atoms with E-state index in [2.05, 4.69) is 10.6 Å². The molecule has 1 rings (SSSR count). The lowest BCUT2D eigenvalue weighted by Gasteiger charge is -2.07. The number of carbonyl (C=O) groups excluding carboxylic acids is 2. The SMILES string of the molecule is Cc1ccc(NC(=O)CNC(=O)CN)cc1Cl.Cl. The molecule has 0 aliphatic heterocycles. The molecule has 0 aliphatic rings. The largest absolute Gasteiger partial charge is 0.346 e. The van der Waals surface area contributed by atoms with Crippen LogP contribution in [-0.2, 0) is 9.59 Å². The molecule has 0 radical (unpaired) electrons. The molecule has 0 aromatic heterocycles. The molecule has 0 atom stereocenters. The van der Waals surface area contributed by atoms with Crippen molar-refractivity contribution in [1.29, 1.82) is 0 Å². The van der Waals surface area contributed by atoms with Crippen LogP contribution in [0.1, 0.15) is 5.56 Å². The Labute approximate surface area is 116 Å². The van der Waals surface area contributed by atoms with Gasteiger partial charge in [-0.3, -0.25) is 9.59 Å². The summed E-state index contributed by atoms with van der Waals surface area (Å²) in [5.41, 5.74) is 6.61. The quantitative estimate of drug-likeness (QED) is 0.776. The molecule has 0 aliphatic carbocycles. The van der Waals surface area contributed by atoms with Gasteiger partial charge in [0, 0.05) is 10.7 Å². The summed E-state index contributed by atoms with van der Waals surface area (Å²) in [6.45, 7) is 1.63. The van der Waals surface area contributed by atoms with Gasteiger partial charge < -0.3 is 16.4 Å². The molecule has 1 aromatic rings. The summed E-state index contributed by atoms with van der Waals surface area (Å²) in [5, 5.41) is 5.56. The first-order chi connectivity index (χ1) is 8.02. The summed E-state index contributed by atoms with van der Waals surface area (Å²) in [4.78, 5) is 22.2. The van der Waals surface area contributed by atoms with E-state index in [1.54, 1.807) is 18.2 Å². The number of nitrogens with two attached hydrogens (primary N) is 1. The average molecular weight is 292 g/mol. The maximum atomic E-state index is 11.4. The molecule has 2 amide bonds. The van der Waals surface area contributed by atoms with Crippen molar-refractivity contribution in [3.05, 3.63) is 28.8 Å². The first-order valence-electron chi connectivity index (χ1n) is 5.05. The molecule has 0 fully saturated rings. The van der Waals surface area contributed by atoms with Gasteiger partial charge in [-0.1, -0.05) is 17.7 Å². The topological polar surface area (TPSA) is 84.2 Å². The molecule has 0 heterocycles. The third kappa shape index (κ3) is 5.35. The van der Waals surface area contributed by atoms with Crippen LogP contribution in [0.25, 0.3) is 0 Å². The van der Waals surface area contributed by atoms with Crippen LogP contribution in [-0.4, -0.2) is 24.9 Å². The van der Waals surface area contributed by atoms with Crippen molar-refractivity contribution in [2.24, 2.45) is 5.73 Å². The van der Waals surface area contributed by atoms with Gasteiger partial charge in [0.15, 0.2) is 0 Å². The Balaban J connectivity index is 0.00000289. The number of hydrogen-bond donors (Lipinski definition) is 3. The number of halogens is 2. The van der Waals surface area contributed by atoms with E-state index < -0.39 is 0 Å². The highest BCUT2D eigenvalue weighted by Crippen LogP contribution is 2.19. The van der Waals surface area contributed by atoms with Crippen LogP contribution in [0.5, 0.6) is 0 Å². The third-order valence-corrected chi connectivity index (χ3v) is 2.49. The Kier molecular flexibility index (Phi) is 7.35. The number of anilines is 1. The lowest BCUT2D eigenvalue weighted by molar-refractivity contribution is -0.123. The molecule has 7 heteroatoms. The summed E-state index contributed by atoms with van der Waals surface area (Å²) in [6.07, 6.45) is 0. The molecule has 0 spiro atoms. The molecule has 0 unspecified atom stereocenters. The van der Waals surface area contributed by atoms with Gasteiger partial charge in [-0.25, -0.2) is 0 Å². The van der Waals surface area contributed by atoms with Crippen molar-refractivity contribution in [1.82, 2.24) is 5.32 Å². The molecule has 0 saturated heterocycles. The molecule has 0 saturated carbocycles. The molecular formula is C11H15Cl2N3O2. The number of hydrogen-bond acceptors (Lipinski definition) is 3. The van der Waals surface area contributed by atoms with Gasteiger partial charge in [-0.15, -0.1) is 12.4 Å². The van der Waals surface area contributed by atoms with Gasteiger partial charge >= 0.3 is 0 Å². The van der Waals surface area contributed by atoms with Crippen LogP contribution in [0.4, 0.5) is 5.69 Å². The Morgan fingerprint density at radius 2 is 2.00 bits per heavy atom. The van der Waals surface area contributed by atoms with Gasteiger partial charge in [0.25, 0.3) is 0 Å². The van der Waals surface area contributed by atoms with Gasteiger partial charge in [-0.05, 0) is 24.6 Å². The normalized spacial score (nSPS) is 9.28. The predicted molar refractivity (Wildman–Crippen MR) is 74.1 cm³/mol. The zero-order chi connectivity index (χ0) is 12.8. The van der Waals surface area contributed by atoms with E-state index >= 15 is 0 Å². The van der Waals surface area contributed by atoms with E-state index in [9.17, 15) is 9.59 Å². The van der Waals surface area contributed by atoms with Gasteiger partial charge in [0.2, 0.25) is 11.8 Å². The molecule has 100 valence electrons. The standard InChI is InChI=1S/C11H14ClN3O2.ClH/c1-7-2-3-8(4-9(7)12)15-11(17)6-14-10(16)5-13;/h2-4H,5-6,13H2,1H3,(H,14,16)(H,15,17);1H. The fourth-order valence-electron chi connectivity index (χ4n) is 1.13. The highest BCUT2D eigenvalue weighted by molar-refractivity contribution is 6.31. The van der Waals surface area contributed by atoms with Crippen LogP contribution in [0.2, 0.25) is 5.02 Å². The zero-order valence-corrected chi connectivity index (χ0v) is 11.4. The van der Waals surface area contributed by atoms with Crippen LogP contribution in [0, 0.1) is 6.92 Å². The van der Waals surface area contributed by atoms with Gasteiger partial charge in [0.1, 0.15) is 0 Å². The van der Waals surface area contributed by atoms with Crippen molar-refractivity contribution in [2.75, 3.05) is 18.4 Å². The summed E-state index contributed by atoms with van der Waals surface area (Å²) in [6, 6.07) is 5.19. The van der Waals surface area contributed by atoms with Crippen molar-refractivity contribution >= 4 is 41.5 Å². The molecule has 5 nitrogen and oxygen atoms in total. The monoisotopic (exact) mass is 291 g/mol. The molecule has 1 aromatic carbocycles. The van der Waals surface area contributed by atoms with Crippen molar-refractivity contribution in [2.45, 2.75) is 6.92 Å². The van der Waals surface area contributed by atoms with E-state index in [1.165, 1.54) is 0 Å². The number of aryl methyl sites for hydroxylation is 1. The zero-order valence-electron chi connectivity index (χ0n) is 9.83. The Hall–Kier alpha value is -1.30. The molecule has 4 N–H and O–H groups in total. The van der Waals surface area contributed by atoms with Crippen LogP contribution < -0.4 is 16.4 Å². The fourth-order valence-corrected chi connectivity index (χ4v) is 1.31. The number of carbonyl (C=O) groups is 2. The first-order valence-corrected chi connectivity index (χ1v) is 5.43. The average Bonchev–Trinajstić information content (AvgIpc) is 2.31. The minimum atomic E-state index is -0.373. The minimum absolute atomic E-state index is 0. The van der Waals surface area contributed by atoms with E-state index in [1.807, 2.05) is 6.92 Å². The Bertz CT molecular complexity index is 438. The van der Waals surface area contributed by atoms with E-state index in [0.717, 1.165) is 5.56 Å². The lowest BCUT2D eigenvalue weighted by Crippen LogP contribution is -2.36. The second-order valence-electron chi connectivity index (χ2n) is 3.49. The number of nitrogens with one attached hydrogen (secondary N) is 2. The summed E-state index contributed by atoms with van der Waals surface area (Å²) < 4.78 is 0. The van der Waals surface area contributed by atoms with Crippen molar-refractivity contribution in [3.8, 4) is 0 Å². The molecule has 0 bridgehead atoms. The summed E-state index contributed by atoms with van der Waals surface area (Å²) in [5.74, 6) is -0.700. The van der Waals surface area contributed by atoms with Crippen molar-refractivity contribution in [3.63, 3.8) is 0 Å². The second-order valence-corrected chi connectivity index (χ2v) is 3.90. The van der Waals surface area contributed by atoms with Crippen molar-refractivity contribution < 1.29 is 9.59 Å². The Morgan fingerprint density at radius 1 is 1.33 bits per heavy atom. The number of benzene rings is 1.